The maximum atomic E-state index is 5.42. The van der Waals surface area contributed by atoms with Crippen molar-refractivity contribution in [2.24, 2.45) is 11.8 Å². The molecule has 0 atom stereocenters. The Morgan fingerprint density at radius 1 is 1.50 bits per heavy atom. The van der Waals surface area contributed by atoms with Gasteiger partial charge in [-0.05, 0) is 32.6 Å². The highest BCUT2D eigenvalue weighted by Crippen LogP contribution is 2.32. The van der Waals surface area contributed by atoms with Crippen molar-refractivity contribution in [3.05, 3.63) is 11.9 Å². The maximum Gasteiger partial charge on any atom is 0.148 e. The first kappa shape index (κ1) is 11.1. The Morgan fingerprint density at radius 3 is 2.81 bits per heavy atom. The molecule has 1 saturated carbocycles. The Morgan fingerprint density at radius 2 is 2.25 bits per heavy atom. The molecule has 1 aliphatic rings. The Hall–Kier alpha value is -1.36. The summed E-state index contributed by atoms with van der Waals surface area (Å²) in [5, 5.41) is 0. The van der Waals surface area contributed by atoms with Crippen LogP contribution in [0.1, 0.15) is 25.3 Å². The van der Waals surface area contributed by atoms with Crippen LogP contribution in [0.3, 0.4) is 0 Å². The minimum atomic E-state index is 0.708. The molecular weight excluding hydrogens is 202 g/mol. The van der Waals surface area contributed by atoms with Crippen LogP contribution in [-0.4, -0.2) is 23.1 Å². The Kier molecular flexibility index (Phi) is 3.24. The molecule has 1 aromatic rings. The number of rotatable bonds is 5. The van der Waals surface area contributed by atoms with Crippen LogP contribution < -0.4 is 16.2 Å². The van der Waals surface area contributed by atoms with Crippen LogP contribution in [0, 0.1) is 12.8 Å². The van der Waals surface area contributed by atoms with E-state index >= 15 is 0 Å². The van der Waals surface area contributed by atoms with Crippen LogP contribution in [0.5, 0.6) is 0 Å². The fourth-order valence-corrected chi connectivity index (χ4v) is 1.88. The summed E-state index contributed by atoms with van der Waals surface area (Å²) in [6.45, 7) is 6.22. The van der Waals surface area contributed by atoms with Crippen LogP contribution in [0.4, 0.5) is 11.6 Å². The highest BCUT2D eigenvalue weighted by atomic mass is 15.3. The minimum absolute atomic E-state index is 0.708. The smallest absolute Gasteiger partial charge is 0.148 e. The number of anilines is 2. The van der Waals surface area contributed by atoms with E-state index in [0.717, 1.165) is 30.4 Å². The van der Waals surface area contributed by atoms with E-state index in [1.54, 1.807) is 6.33 Å². The number of aromatic nitrogens is 2. The van der Waals surface area contributed by atoms with Gasteiger partial charge in [0, 0.05) is 18.7 Å². The van der Waals surface area contributed by atoms with Crippen molar-refractivity contribution in [2.75, 3.05) is 23.4 Å². The molecule has 1 fully saturated rings. The van der Waals surface area contributed by atoms with Crippen molar-refractivity contribution >= 4 is 11.6 Å². The van der Waals surface area contributed by atoms with E-state index in [1.165, 1.54) is 12.8 Å². The molecule has 0 aromatic carbocycles. The largest absolute Gasteiger partial charge is 0.356 e. The van der Waals surface area contributed by atoms with Crippen molar-refractivity contribution in [1.29, 1.82) is 0 Å². The quantitative estimate of drug-likeness (QED) is 0.579. The van der Waals surface area contributed by atoms with Crippen LogP contribution >= 0.6 is 0 Å². The van der Waals surface area contributed by atoms with Crippen molar-refractivity contribution in [3.63, 3.8) is 0 Å². The summed E-state index contributed by atoms with van der Waals surface area (Å²) in [5.74, 6) is 7.97. The third kappa shape index (κ3) is 2.24. The average Bonchev–Trinajstić information content (AvgIpc) is 3.10. The lowest BCUT2D eigenvalue weighted by Gasteiger charge is -2.24. The molecule has 0 bridgehead atoms. The summed E-state index contributed by atoms with van der Waals surface area (Å²) in [5.41, 5.74) is 3.63. The van der Waals surface area contributed by atoms with E-state index in [1.807, 2.05) is 6.92 Å². The van der Waals surface area contributed by atoms with E-state index in [2.05, 4.69) is 27.2 Å². The lowest BCUT2D eigenvalue weighted by molar-refractivity contribution is 0.728. The molecule has 2 rings (SSSR count). The van der Waals surface area contributed by atoms with Gasteiger partial charge in [0.1, 0.15) is 18.0 Å². The number of nitrogen functional groups attached to an aromatic ring is 1. The first-order chi connectivity index (χ1) is 7.76. The van der Waals surface area contributed by atoms with Gasteiger partial charge in [0.15, 0.2) is 0 Å². The minimum Gasteiger partial charge on any atom is -0.356 e. The molecule has 16 heavy (non-hydrogen) atoms. The molecule has 5 nitrogen and oxygen atoms in total. The number of nitrogens with two attached hydrogens (primary N) is 1. The second-order valence-electron chi connectivity index (χ2n) is 4.30. The zero-order valence-corrected chi connectivity index (χ0v) is 9.90. The van der Waals surface area contributed by atoms with Gasteiger partial charge in [-0.25, -0.2) is 15.8 Å². The first-order valence-corrected chi connectivity index (χ1v) is 5.79. The highest BCUT2D eigenvalue weighted by Gasteiger charge is 2.25. The third-order valence-corrected chi connectivity index (χ3v) is 3.05. The van der Waals surface area contributed by atoms with E-state index in [-0.39, 0.29) is 0 Å². The fourth-order valence-electron chi connectivity index (χ4n) is 1.88. The topological polar surface area (TPSA) is 67.1 Å². The van der Waals surface area contributed by atoms with Crippen LogP contribution in [-0.2, 0) is 0 Å². The standard InChI is InChI=1S/C11H19N5/c1-3-16(6-9-4-5-9)11-8(2)10(15-12)13-7-14-11/h7,9H,3-6,12H2,1-2H3,(H,13,14,15). The van der Waals surface area contributed by atoms with Crippen LogP contribution in [0.25, 0.3) is 0 Å². The van der Waals surface area contributed by atoms with Gasteiger partial charge in [0.05, 0.1) is 0 Å². The molecule has 88 valence electrons. The van der Waals surface area contributed by atoms with Gasteiger partial charge in [-0.2, -0.15) is 0 Å². The van der Waals surface area contributed by atoms with Crippen molar-refractivity contribution in [2.45, 2.75) is 26.7 Å². The predicted molar refractivity (Wildman–Crippen MR) is 65.2 cm³/mol. The number of nitrogens with one attached hydrogen (secondary N) is 1. The summed E-state index contributed by atoms with van der Waals surface area (Å²) in [4.78, 5) is 10.8. The summed E-state index contributed by atoms with van der Waals surface area (Å²) < 4.78 is 0. The summed E-state index contributed by atoms with van der Waals surface area (Å²) in [6, 6.07) is 0. The summed E-state index contributed by atoms with van der Waals surface area (Å²) >= 11 is 0. The van der Waals surface area contributed by atoms with Gasteiger partial charge in [-0.1, -0.05) is 0 Å². The zero-order chi connectivity index (χ0) is 11.5. The van der Waals surface area contributed by atoms with Gasteiger partial charge in [-0.3, -0.25) is 0 Å². The van der Waals surface area contributed by atoms with E-state index in [4.69, 9.17) is 5.84 Å². The van der Waals surface area contributed by atoms with Gasteiger partial charge in [0.25, 0.3) is 0 Å². The number of hydrogen-bond acceptors (Lipinski definition) is 5. The van der Waals surface area contributed by atoms with E-state index in [0.29, 0.717) is 5.82 Å². The molecule has 5 heteroatoms. The number of nitrogens with zero attached hydrogens (tertiary/aromatic N) is 3. The Balaban J connectivity index is 2.21. The monoisotopic (exact) mass is 221 g/mol. The van der Waals surface area contributed by atoms with Crippen molar-refractivity contribution < 1.29 is 0 Å². The number of hydrazine groups is 1. The van der Waals surface area contributed by atoms with Gasteiger partial charge >= 0.3 is 0 Å². The molecule has 3 N–H and O–H groups in total. The predicted octanol–water partition coefficient (Wildman–Crippen LogP) is 1.31. The molecule has 1 aromatic heterocycles. The molecule has 1 heterocycles. The highest BCUT2D eigenvalue weighted by molar-refractivity contribution is 5.57. The summed E-state index contributed by atoms with van der Waals surface area (Å²) in [7, 11) is 0. The van der Waals surface area contributed by atoms with Gasteiger partial charge in [0.2, 0.25) is 0 Å². The Bertz CT molecular complexity index is 361. The molecule has 0 spiro atoms. The fraction of sp³-hybridized carbons (Fsp3) is 0.636. The van der Waals surface area contributed by atoms with E-state index in [9.17, 15) is 0 Å². The SMILES string of the molecule is CCN(CC1CC1)c1ncnc(NN)c1C. The first-order valence-electron chi connectivity index (χ1n) is 5.79. The average molecular weight is 221 g/mol. The summed E-state index contributed by atoms with van der Waals surface area (Å²) in [6.07, 6.45) is 4.26. The van der Waals surface area contributed by atoms with Gasteiger partial charge < -0.3 is 10.3 Å². The molecule has 0 radical (unpaired) electrons. The van der Waals surface area contributed by atoms with Crippen LogP contribution in [0.15, 0.2) is 6.33 Å². The lowest BCUT2D eigenvalue weighted by atomic mass is 10.2. The molecule has 0 unspecified atom stereocenters. The number of hydrogen-bond donors (Lipinski definition) is 2. The van der Waals surface area contributed by atoms with Crippen molar-refractivity contribution in [1.82, 2.24) is 9.97 Å². The van der Waals surface area contributed by atoms with Crippen LogP contribution in [0.2, 0.25) is 0 Å². The van der Waals surface area contributed by atoms with E-state index < -0.39 is 0 Å². The molecule has 1 aliphatic carbocycles. The van der Waals surface area contributed by atoms with Crippen molar-refractivity contribution in [3.8, 4) is 0 Å². The zero-order valence-electron chi connectivity index (χ0n) is 9.90. The molecule has 0 amide bonds. The molecule has 0 saturated heterocycles. The maximum absolute atomic E-state index is 5.42. The second-order valence-corrected chi connectivity index (χ2v) is 4.30. The second kappa shape index (κ2) is 4.65. The molecular formula is C11H19N5. The van der Waals surface area contributed by atoms with Gasteiger partial charge in [-0.15, -0.1) is 0 Å². The Labute approximate surface area is 96.0 Å². The lowest BCUT2D eigenvalue weighted by Crippen LogP contribution is -2.27. The third-order valence-electron chi connectivity index (χ3n) is 3.05. The normalized spacial score (nSPS) is 14.9. The molecule has 0 aliphatic heterocycles.